The van der Waals surface area contributed by atoms with E-state index < -0.39 is 10.0 Å². The zero-order valence-electron chi connectivity index (χ0n) is 13.6. The average Bonchev–Trinajstić information content (AvgIpc) is 2.59. The Hall–Kier alpha value is -1.35. The second-order valence-corrected chi connectivity index (χ2v) is 6.97. The van der Waals surface area contributed by atoms with Crippen molar-refractivity contribution in [1.29, 1.82) is 0 Å². The molecule has 1 heterocycles. The molecule has 0 amide bonds. The Morgan fingerprint density at radius 3 is 2.52 bits per heavy atom. The van der Waals surface area contributed by atoms with Crippen LogP contribution < -0.4 is 14.4 Å². The highest BCUT2D eigenvalue weighted by Gasteiger charge is 2.21. The lowest BCUT2D eigenvalue weighted by atomic mass is 10.1. The number of methoxy groups -OCH3 is 2. The van der Waals surface area contributed by atoms with Crippen LogP contribution in [0.5, 0.6) is 11.5 Å². The minimum Gasteiger partial charge on any atom is -0.497 e. The molecule has 0 aliphatic carbocycles. The van der Waals surface area contributed by atoms with E-state index in [1.54, 1.807) is 12.1 Å². The number of likely N-dealkylation sites (tertiary alicyclic amines) is 1. The SMILES string of the molecule is COc1ccc(OC)c(S(=O)(=O)NOCCN2CCCCC2)c1. The second kappa shape index (κ2) is 8.49. The van der Waals surface area contributed by atoms with Gasteiger partial charge in [-0.15, -0.1) is 0 Å². The summed E-state index contributed by atoms with van der Waals surface area (Å²) in [7, 11) is -0.947. The fourth-order valence-corrected chi connectivity index (χ4v) is 3.53. The molecule has 23 heavy (non-hydrogen) atoms. The minimum atomic E-state index is -3.83. The summed E-state index contributed by atoms with van der Waals surface area (Å²) in [6.07, 6.45) is 3.64. The number of ether oxygens (including phenoxy) is 2. The monoisotopic (exact) mass is 344 g/mol. The maximum absolute atomic E-state index is 12.3. The smallest absolute Gasteiger partial charge is 0.266 e. The number of piperidine rings is 1. The highest BCUT2D eigenvalue weighted by molar-refractivity contribution is 7.89. The van der Waals surface area contributed by atoms with E-state index in [9.17, 15) is 8.42 Å². The van der Waals surface area contributed by atoms with Crippen molar-refractivity contribution < 1.29 is 22.7 Å². The minimum absolute atomic E-state index is 0.0164. The predicted octanol–water partition coefficient (Wildman–Crippen LogP) is 1.40. The summed E-state index contributed by atoms with van der Waals surface area (Å²) in [6.45, 7) is 3.09. The lowest BCUT2D eigenvalue weighted by Crippen LogP contribution is -2.35. The zero-order valence-corrected chi connectivity index (χ0v) is 14.4. The number of benzene rings is 1. The number of hydrogen-bond donors (Lipinski definition) is 1. The molecule has 1 N–H and O–H groups in total. The van der Waals surface area contributed by atoms with Gasteiger partial charge in [-0.1, -0.05) is 11.3 Å². The van der Waals surface area contributed by atoms with Crippen LogP contribution in [0.1, 0.15) is 19.3 Å². The van der Waals surface area contributed by atoms with Gasteiger partial charge < -0.3 is 14.4 Å². The first-order valence-corrected chi connectivity index (χ1v) is 9.13. The van der Waals surface area contributed by atoms with E-state index >= 15 is 0 Å². The van der Waals surface area contributed by atoms with Crippen molar-refractivity contribution in [1.82, 2.24) is 9.79 Å². The zero-order chi connectivity index (χ0) is 16.7. The van der Waals surface area contributed by atoms with Crippen LogP contribution >= 0.6 is 0 Å². The molecule has 2 rings (SSSR count). The Morgan fingerprint density at radius 1 is 1.13 bits per heavy atom. The van der Waals surface area contributed by atoms with Gasteiger partial charge in [0.1, 0.15) is 16.4 Å². The van der Waals surface area contributed by atoms with Gasteiger partial charge in [0, 0.05) is 12.6 Å². The predicted molar refractivity (Wildman–Crippen MR) is 86.1 cm³/mol. The van der Waals surface area contributed by atoms with Gasteiger partial charge >= 0.3 is 0 Å². The molecule has 0 saturated carbocycles. The first kappa shape index (κ1) is 18.0. The van der Waals surface area contributed by atoms with Crippen LogP contribution in [0, 0.1) is 0 Å². The maximum Gasteiger partial charge on any atom is 0.266 e. The quantitative estimate of drug-likeness (QED) is 0.567. The Morgan fingerprint density at radius 2 is 1.87 bits per heavy atom. The van der Waals surface area contributed by atoms with Gasteiger partial charge in [0.2, 0.25) is 0 Å². The number of hydrogen-bond acceptors (Lipinski definition) is 6. The van der Waals surface area contributed by atoms with E-state index in [4.69, 9.17) is 14.3 Å². The third-order valence-electron chi connectivity index (χ3n) is 3.79. The Balaban J connectivity index is 1.93. The molecule has 1 aliphatic heterocycles. The lowest BCUT2D eigenvalue weighted by Gasteiger charge is -2.25. The van der Waals surface area contributed by atoms with Crippen LogP contribution in [0.4, 0.5) is 0 Å². The van der Waals surface area contributed by atoms with Gasteiger partial charge in [-0.25, -0.2) is 8.42 Å². The highest BCUT2D eigenvalue weighted by atomic mass is 32.2. The molecular formula is C15H24N2O5S. The molecule has 1 fully saturated rings. The van der Waals surface area contributed by atoms with Crippen LogP contribution in [0.2, 0.25) is 0 Å². The molecule has 1 aromatic rings. The topological polar surface area (TPSA) is 77.1 Å². The van der Waals surface area contributed by atoms with Crippen LogP contribution in [-0.4, -0.2) is 53.8 Å². The standard InChI is InChI=1S/C15H24N2O5S/c1-20-13-6-7-14(21-2)15(12-13)23(18,19)16-22-11-10-17-8-4-3-5-9-17/h6-7,12,16H,3-5,8-11H2,1-2H3. The summed E-state index contributed by atoms with van der Waals surface area (Å²) in [5.74, 6) is 0.664. The summed E-state index contributed by atoms with van der Waals surface area (Å²) in [5.41, 5.74) is 0. The Labute approximate surface area is 137 Å². The van der Waals surface area contributed by atoms with Gasteiger partial charge in [0.05, 0.1) is 20.8 Å². The molecule has 130 valence electrons. The third kappa shape index (κ3) is 5.07. The number of rotatable bonds is 8. The molecule has 1 saturated heterocycles. The summed E-state index contributed by atoms with van der Waals surface area (Å²) in [4.78, 5) is 9.55. The van der Waals surface area contributed by atoms with Crippen LogP contribution in [0.25, 0.3) is 0 Å². The van der Waals surface area contributed by atoms with Crippen molar-refractivity contribution in [3.05, 3.63) is 18.2 Å². The normalized spacial score (nSPS) is 16.3. The molecule has 0 spiro atoms. The second-order valence-electron chi connectivity index (χ2n) is 5.35. The van der Waals surface area contributed by atoms with Gasteiger partial charge in [-0.3, -0.25) is 4.84 Å². The van der Waals surface area contributed by atoms with Crippen LogP contribution in [-0.2, 0) is 14.9 Å². The van der Waals surface area contributed by atoms with E-state index in [2.05, 4.69) is 9.79 Å². The number of nitrogens with zero attached hydrogens (tertiary/aromatic N) is 1. The molecule has 8 heteroatoms. The summed E-state index contributed by atoms with van der Waals surface area (Å²) < 4.78 is 34.8. The van der Waals surface area contributed by atoms with E-state index in [0.717, 1.165) is 13.1 Å². The lowest BCUT2D eigenvalue weighted by molar-refractivity contribution is 0.0655. The van der Waals surface area contributed by atoms with E-state index in [1.165, 1.54) is 39.5 Å². The molecule has 0 aromatic heterocycles. The first-order valence-electron chi connectivity index (χ1n) is 7.65. The Bertz CT molecular complexity index is 600. The molecular weight excluding hydrogens is 320 g/mol. The van der Waals surface area contributed by atoms with Crippen molar-refractivity contribution in [2.24, 2.45) is 0 Å². The van der Waals surface area contributed by atoms with Crippen molar-refractivity contribution >= 4 is 10.0 Å². The van der Waals surface area contributed by atoms with Gasteiger partial charge in [-0.05, 0) is 38.1 Å². The van der Waals surface area contributed by atoms with Crippen molar-refractivity contribution in [3.63, 3.8) is 0 Å². The average molecular weight is 344 g/mol. The summed E-state index contributed by atoms with van der Waals surface area (Å²) >= 11 is 0. The highest BCUT2D eigenvalue weighted by Crippen LogP contribution is 2.27. The van der Waals surface area contributed by atoms with Crippen molar-refractivity contribution in [2.45, 2.75) is 24.2 Å². The third-order valence-corrected chi connectivity index (χ3v) is 5.02. The fraction of sp³-hybridized carbons (Fsp3) is 0.600. The molecule has 1 aromatic carbocycles. The van der Waals surface area contributed by atoms with Gasteiger partial charge in [0.15, 0.2) is 0 Å². The molecule has 7 nitrogen and oxygen atoms in total. The van der Waals surface area contributed by atoms with Crippen molar-refractivity contribution in [3.8, 4) is 11.5 Å². The van der Waals surface area contributed by atoms with Crippen LogP contribution in [0.3, 0.4) is 0 Å². The fourth-order valence-electron chi connectivity index (χ4n) is 2.52. The molecule has 0 atom stereocenters. The molecule has 1 aliphatic rings. The van der Waals surface area contributed by atoms with Crippen molar-refractivity contribution in [2.75, 3.05) is 40.5 Å². The van der Waals surface area contributed by atoms with E-state index in [1.807, 2.05) is 0 Å². The Kier molecular flexibility index (Phi) is 6.64. The molecule has 0 radical (unpaired) electrons. The largest absolute Gasteiger partial charge is 0.497 e. The summed E-state index contributed by atoms with van der Waals surface area (Å²) in [6, 6.07) is 4.57. The van der Waals surface area contributed by atoms with Crippen LogP contribution in [0.15, 0.2) is 23.1 Å². The van der Waals surface area contributed by atoms with Gasteiger partial charge in [0.25, 0.3) is 10.0 Å². The van der Waals surface area contributed by atoms with E-state index in [-0.39, 0.29) is 10.6 Å². The summed E-state index contributed by atoms with van der Waals surface area (Å²) in [5, 5.41) is 0. The van der Waals surface area contributed by atoms with E-state index in [0.29, 0.717) is 18.9 Å². The molecule has 0 unspecified atom stereocenters. The number of sulfonamides is 1. The first-order chi connectivity index (χ1) is 11.1. The van der Waals surface area contributed by atoms with Gasteiger partial charge in [-0.2, -0.15) is 0 Å². The molecule has 0 bridgehead atoms. The number of nitrogens with one attached hydrogen (secondary N) is 1. The maximum atomic E-state index is 12.3.